The molecule has 0 spiro atoms. The summed E-state index contributed by atoms with van der Waals surface area (Å²) >= 11 is 0. The van der Waals surface area contributed by atoms with Gasteiger partial charge in [0, 0.05) is 12.0 Å². The van der Waals surface area contributed by atoms with Crippen LogP contribution in [-0.4, -0.2) is 22.6 Å². The fraction of sp³-hybridized carbons (Fsp3) is 0.222. The first-order valence-electron chi connectivity index (χ1n) is 7.92. The van der Waals surface area contributed by atoms with Crippen molar-refractivity contribution in [1.82, 2.24) is 10.3 Å². The van der Waals surface area contributed by atoms with Gasteiger partial charge >= 0.3 is 6.18 Å². The zero-order chi connectivity index (χ0) is 19.6. The van der Waals surface area contributed by atoms with Crippen molar-refractivity contribution in [2.75, 3.05) is 6.61 Å². The molecule has 1 unspecified atom stereocenters. The SMILES string of the molecule is C=CC(=O)NC1CCOc2c1ccc(Oc1ccc(C(F)(F)F)nc1)c2O. The van der Waals surface area contributed by atoms with Gasteiger partial charge in [-0.05, 0) is 30.3 Å². The third kappa shape index (κ3) is 3.97. The summed E-state index contributed by atoms with van der Waals surface area (Å²) < 4.78 is 48.6. The van der Waals surface area contributed by atoms with Gasteiger partial charge in [0.25, 0.3) is 0 Å². The van der Waals surface area contributed by atoms with E-state index in [-0.39, 0.29) is 41.6 Å². The Bertz CT molecular complexity index is 866. The summed E-state index contributed by atoms with van der Waals surface area (Å²) in [4.78, 5) is 14.8. The first kappa shape index (κ1) is 18.6. The first-order valence-corrected chi connectivity index (χ1v) is 7.92. The van der Waals surface area contributed by atoms with E-state index in [1.807, 2.05) is 0 Å². The molecule has 2 heterocycles. The van der Waals surface area contributed by atoms with Crippen LogP contribution in [-0.2, 0) is 11.0 Å². The van der Waals surface area contributed by atoms with E-state index in [2.05, 4.69) is 16.9 Å². The minimum atomic E-state index is -4.55. The van der Waals surface area contributed by atoms with Crippen LogP contribution in [0, 0.1) is 0 Å². The lowest BCUT2D eigenvalue weighted by Gasteiger charge is -2.27. The van der Waals surface area contributed by atoms with E-state index >= 15 is 0 Å². The van der Waals surface area contributed by atoms with Crippen molar-refractivity contribution in [1.29, 1.82) is 0 Å². The van der Waals surface area contributed by atoms with Crippen molar-refractivity contribution >= 4 is 5.91 Å². The van der Waals surface area contributed by atoms with Crippen molar-refractivity contribution in [2.24, 2.45) is 0 Å². The molecule has 6 nitrogen and oxygen atoms in total. The maximum atomic E-state index is 12.6. The van der Waals surface area contributed by atoms with E-state index in [1.165, 1.54) is 6.07 Å². The molecule has 0 saturated heterocycles. The topological polar surface area (TPSA) is 80.7 Å². The molecule has 1 aromatic heterocycles. The number of pyridine rings is 1. The lowest BCUT2D eigenvalue weighted by Crippen LogP contribution is -2.30. The minimum Gasteiger partial charge on any atom is -0.502 e. The van der Waals surface area contributed by atoms with Gasteiger partial charge in [0.1, 0.15) is 11.4 Å². The second-order valence-corrected chi connectivity index (χ2v) is 5.71. The van der Waals surface area contributed by atoms with Crippen molar-refractivity contribution in [3.8, 4) is 23.0 Å². The molecule has 9 heteroatoms. The van der Waals surface area contributed by atoms with Gasteiger partial charge in [-0.2, -0.15) is 13.2 Å². The number of alkyl halides is 3. The Labute approximate surface area is 152 Å². The van der Waals surface area contributed by atoms with Crippen LogP contribution in [0.4, 0.5) is 13.2 Å². The molecule has 1 atom stereocenters. The molecule has 0 radical (unpaired) electrons. The molecule has 1 aliphatic rings. The van der Waals surface area contributed by atoms with E-state index in [9.17, 15) is 23.1 Å². The standard InChI is InChI=1S/C18H15F3N2O4/c1-2-15(24)23-12-7-8-26-17-11(12)4-5-13(16(17)25)27-10-3-6-14(22-9-10)18(19,20)21/h2-6,9,12,25H,1,7-8H2,(H,23,24). The Morgan fingerprint density at radius 2 is 2.15 bits per heavy atom. The lowest BCUT2D eigenvalue weighted by atomic mass is 9.99. The summed E-state index contributed by atoms with van der Waals surface area (Å²) in [7, 11) is 0. The number of halogens is 3. The normalized spacial score (nSPS) is 16.0. The number of fused-ring (bicyclic) bond motifs is 1. The Balaban J connectivity index is 1.84. The molecule has 1 aromatic carbocycles. The van der Waals surface area contributed by atoms with Crippen LogP contribution in [0.1, 0.15) is 23.7 Å². The van der Waals surface area contributed by atoms with Gasteiger partial charge in [-0.1, -0.05) is 6.58 Å². The number of aromatic hydroxyl groups is 1. The van der Waals surface area contributed by atoms with Crippen molar-refractivity contribution in [2.45, 2.75) is 18.6 Å². The van der Waals surface area contributed by atoms with E-state index in [0.717, 1.165) is 24.4 Å². The Morgan fingerprint density at radius 3 is 2.78 bits per heavy atom. The van der Waals surface area contributed by atoms with E-state index in [4.69, 9.17) is 9.47 Å². The van der Waals surface area contributed by atoms with E-state index < -0.39 is 11.9 Å². The number of amides is 1. The fourth-order valence-electron chi connectivity index (χ4n) is 2.63. The van der Waals surface area contributed by atoms with E-state index in [0.29, 0.717) is 12.0 Å². The smallest absolute Gasteiger partial charge is 0.433 e. The predicted molar refractivity (Wildman–Crippen MR) is 88.6 cm³/mol. The van der Waals surface area contributed by atoms with Gasteiger partial charge in [-0.3, -0.25) is 4.79 Å². The molecule has 27 heavy (non-hydrogen) atoms. The highest BCUT2D eigenvalue weighted by Gasteiger charge is 2.32. The molecule has 2 aromatic rings. The number of nitrogens with one attached hydrogen (secondary N) is 1. The molecule has 2 N–H and O–H groups in total. The van der Waals surface area contributed by atoms with E-state index in [1.54, 1.807) is 6.07 Å². The van der Waals surface area contributed by atoms with Gasteiger partial charge in [-0.25, -0.2) is 4.98 Å². The van der Waals surface area contributed by atoms with Crippen LogP contribution in [0.15, 0.2) is 43.1 Å². The van der Waals surface area contributed by atoms with Crippen molar-refractivity contribution in [3.05, 3.63) is 54.4 Å². The fourth-order valence-corrected chi connectivity index (χ4v) is 2.63. The predicted octanol–water partition coefficient (Wildman–Crippen LogP) is 3.72. The molecule has 1 aliphatic heterocycles. The molecule has 142 valence electrons. The highest BCUT2D eigenvalue weighted by atomic mass is 19.4. The summed E-state index contributed by atoms with van der Waals surface area (Å²) in [6.45, 7) is 3.65. The second kappa shape index (κ2) is 7.18. The summed E-state index contributed by atoms with van der Waals surface area (Å²) in [5.41, 5.74) is -0.486. The summed E-state index contributed by atoms with van der Waals surface area (Å²) in [5, 5.41) is 13.1. The maximum Gasteiger partial charge on any atom is 0.433 e. The molecule has 0 aliphatic carbocycles. The van der Waals surface area contributed by atoms with Crippen molar-refractivity contribution < 1.29 is 32.5 Å². The molecule has 3 rings (SSSR count). The number of nitrogens with zero attached hydrogens (tertiary/aromatic N) is 1. The number of benzene rings is 1. The van der Waals surface area contributed by atoms with Crippen LogP contribution in [0.25, 0.3) is 0 Å². The third-order valence-electron chi connectivity index (χ3n) is 3.91. The third-order valence-corrected chi connectivity index (χ3v) is 3.91. The number of ether oxygens (including phenoxy) is 2. The summed E-state index contributed by atoms with van der Waals surface area (Å²) in [6, 6.07) is 4.56. The average molecular weight is 380 g/mol. The molecule has 0 saturated carbocycles. The number of aromatic nitrogens is 1. The Hall–Kier alpha value is -3.23. The quantitative estimate of drug-likeness (QED) is 0.790. The second-order valence-electron chi connectivity index (χ2n) is 5.71. The lowest BCUT2D eigenvalue weighted by molar-refractivity contribution is -0.141. The molecule has 0 fully saturated rings. The summed E-state index contributed by atoms with van der Waals surface area (Å²) in [5.74, 6) is -0.516. The number of hydrogen-bond donors (Lipinski definition) is 2. The van der Waals surface area contributed by atoms with Crippen LogP contribution in [0.5, 0.6) is 23.0 Å². The highest BCUT2D eigenvalue weighted by molar-refractivity contribution is 5.87. The van der Waals surface area contributed by atoms with Crippen LogP contribution >= 0.6 is 0 Å². The monoisotopic (exact) mass is 380 g/mol. The number of phenols is 1. The largest absolute Gasteiger partial charge is 0.502 e. The zero-order valence-corrected chi connectivity index (χ0v) is 13.9. The number of carbonyl (C=O) groups is 1. The number of rotatable bonds is 4. The summed E-state index contributed by atoms with van der Waals surface area (Å²) in [6.07, 6.45) is -1.99. The van der Waals surface area contributed by atoms with Crippen LogP contribution in [0.3, 0.4) is 0 Å². The van der Waals surface area contributed by atoms with Crippen LogP contribution in [0.2, 0.25) is 0 Å². The molecular weight excluding hydrogens is 365 g/mol. The van der Waals surface area contributed by atoms with Gasteiger partial charge in [0.15, 0.2) is 11.5 Å². The number of hydrogen-bond acceptors (Lipinski definition) is 5. The Kier molecular flexibility index (Phi) is 4.93. The molecule has 1 amide bonds. The van der Waals surface area contributed by atoms with Gasteiger partial charge in [-0.15, -0.1) is 0 Å². The first-order chi connectivity index (χ1) is 12.8. The highest BCUT2D eigenvalue weighted by Crippen LogP contribution is 2.45. The van der Waals surface area contributed by atoms with Gasteiger partial charge in [0.2, 0.25) is 11.7 Å². The maximum absolute atomic E-state index is 12.6. The zero-order valence-electron chi connectivity index (χ0n) is 13.9. The molecule has 0 bridgehead atoms. The number of phenolic OH excluding ortho intramolecular Hbond substituents is 1. The molecular formula is C18H15F3N2O4. The van der Waals surface area contributed by atoms with Gasteiger partial charge in [0.05, 0.1) is 18.8 Å². The van der Waals surface area contributed by atoms with Crippen molar-refractivity contribution in [3.63, 3.8) is 0 Å². The Morgan fingerprint density at radius 1 is 1.37 bits per heavy atom. The average Bonchev–Trinajstić information content (AvgIpc) is 2.64. The number of carbonyl (C=O) groups excluding carboxylic acids is 1. The van der Waals surface area contributed by atoms with Crippen LogP contribution < -0.4 is 14.8 Å². The minimum absolute atomic E-state index is 0.00833. The van der Waals surface area contributed by atoms with Gasteiger partial charge < -0.3 is 19.9 Å².